The largest absolute Gasteiger partial charge is 0.354 e. The summed E-state index contributed by atoms with van der Waals surface area (Å²) in [5.74, 6) is -0.446. The standard InChI is InChI=1S/C18H24N4O2/c1-5-10-19-17(23)14(4)20-18(24)15-6-8-16(9-7-15)22-13(3)11-12(2)21-22/h6-9,11,14H,5,10H2,1-4H3,(H,19,23)(H,20,24)/t14-/m0/s1. The molecule has 2 amide bonds. The number of carbonyl (C=O) groups is 2. The fourth-order valence-electron chi connectivity index (χ4n) is 2.39. The number of aryl methyl sites for hydroxylation is 2. The lowest BCUT2D eigenvalue weighted by molar-refractivity contribution is -0.122. The molecular formula is C18H24N4O2. The molecule has 2 N–H and O–H groups in total. The van der Waals surface area contributed by atoms with E-state index in [2.05, 4.69) is 15.7 Å². The fraction of sp³-hybridized carbons (Fsp3) is 0.389. The number of amides is 2. The first-order chi connectivity index (χ1) is 11.4. The third kappa shape index (κ3) is 4.22. The van der Waals surface area contributed by atoms with Gasteiger partial charge in [-0.05, 0) is 57.5 Å². The van der Waals surface area contributed by atoms with Crippen molar-refractivity contribution >= 4 is 11.8 Å². The molecule has 24 heavy (non-hydrogen) atoms. The molecule has 1 heterocycles. The van der Waals surface area contributed by atoms with Crippen LogP contribution < -0.4 is 10.6 Å². The number of carbonyl (C=O) groups excluding carboxylic acids is 2. The number of hydrogen-bond acceptors (Lipinski definition) is 3. The quantitative estimate of drug-likeness (QED) is 0.853. The van der Waals surface area contributed by atoms with Crippen molar-refractivity contribution in [1.82, 2.24) is 20.4 Å². The van der Waals surface area contributed by atoms with E-state index in [1.807, 2.05) is 43.7 Å². The van der Waals surface area contributed by atoms with Crippen molar-refractivity contribution in [2.45, 2.75) is 40.2 Å². The summed E-state index contributed by atoms with van der Waals surface area (Å²) in [6.45, 7) is 8.19. The highest BCUT2D eigenvalue weighted by Gasteiger charge is 2.16. The van der Waals surface area contributed by atoms with E-state index in [9.17, 15) is 9.59 Å². The summed E-state index contributed by atoms with van der Waals surface area (Å²) in [7, 11) is 0. The molecular weight excluding hydrogens is 304 g/mol. The molecule has 1 aromatic heterocycles. The number of aromatic nitrogens is 2. The molecule has 128 valence electrons. The minimum atomic E-state index is -0.570. The Kier molecular flexibility index (Phi) is 5.73. The Bertz CT molecular complexity index is 719. The Hall–Kier alpha value is -2.63. The first-order valence-corrected chi connectivity index (χ1v) is 8.14. The first kappa shape index (κ1) is 17.7. The maximum absolute atomic E-state index is 12.2. The van der Waals surface area contributed by atoms with Crippen LogP contribution >= 0.6 is 0 Å². The summed E-state index contributed by atoms with van der Waals surface area (Å²) >= 11 is 0. The van der Waals surface area contributed by atoms with Crippen molar-refractivity contribution in [2.75, 3.05) is 6.54 Å². The summed E-state index contributed by atoms with van der Waals surface area (Å²) in [5.41, 5.74) is 3.38. The molecule has 0 saturated carbocycles. The van der Waals surface area contributed by atoms with Gasteiger partial charge >= 0.3 is 0 Å². The predicted molar refractivity (Wildman–Crippen MR) is 93.3 cm³/mol. The number of benzene rings is 1. The molecule has 0 aliphatic rings. The molecule has 2 aromatic rings. The van der Waals surface area contributed by atoms with Crippen molar-refractivity contribution in [2.24, 2.45) is 0 Å². The molecule has 0 saturated heterocycles. The zero-order chi connectivity index (χ0) is 17.7. The van der Waals surface area contributed by atoms with Crippen LogP contribution in [0, 0.1) is 13.8 Å². The van der Waals surface area contributed by atoms with Gasteiger partial charge in [0.15, 0.2) is 0 Å². The van der Waals surface area contributed by atoms with Crippen LogP contribution in [0.25, 0.3) is 5.69 Å². The van der Waals surface area contributed by atoms with Crippen LogP contribution in [0.1, 0.15) is 42.0 Å². The smallest absolute Gasteiger partial charge is 0.251 e. The van der Waals surface area contributed by atoms with Crippen molar-refractivity contribution in [3.8, 4) is 5.69 Å². The fourth-order valence-corrected chi connectivity index (χ4v) is 2.39. The molecule has 0 radical (unpaired) electrons. The van der Waals surface area contributed by atoms with Gasteiger partial charge in [0.1, 0.15) is 6.04 Å². The SMILES string of the molecule is CCCNC(=O)[C@H](C)NC(=O)c1ccc(-n2nc(C)cc2C)cc1. The van der Waals surface area contributed by atoms with Crippen LogP contribution in [0.2, 0.25) is 0 Å². The molecule has 0 spiro atoms. The zero-order valence-electron chi connectivity index (χ0n) is 14.6. The van der Waals surface area contributed by atoms with Crippen LogP contribution in [0.3, 0.4) is 0 Å². The minimum Gasteiger partial charge on any atom is -0.354 e. The lowest BCUT2D eigenvalue weighted by Crippen LogP contribution is -2.45. The molecule has 0 aliphatic heterocycles. The zero-order valence-corrected chi connectivity index (χ0v) is 14.6. The minimum absolute atomic E-state index is 0.176. The van der Waals surface area contributed by atoms with E-state index in [1.165, 1.54) is 0 Å². The van der Waals surface area contributed by atoms with Crippen LogP contribution in [-0.4, -0.2) is 34.2 Å². The van der Waals surface area contributed by atoms with Gasteiger partial charge in [0.2, 0.25) is 5.91 Å². The summed E-state index contributed by atoms with van der Waals surface area (Å²) < 4.78 is 1.83. The van der Waals surface area contributed by atoms with Gasteiger partial charge < -0.3 is 10.6 Å². The van der Waals surface area contributed by atoms with E-state index >= 15 is 0 Å². The number of nitrogens with one attached hydrogen (secondary N) is 2. The highest BCUT2D eigenvalue weighted by atomic mass is 16.2. The van der Waals surface area contributed by atoms with E-state index in [-0.39, 0.29) is 11.8 Å². The lowest BCUT2D eigenvalue weighted by Gasteiger charge is -2.14. The van der Waals surface area contributed by atoms with Gasteiger partial charge in [0.05, 0.1) is 11.4 Å². The molecule has 0 fully saturated rings. The van der Waals surface area contributed by atoms with E-state index in [0.29, 0.717) is 12.1 Å². The molecule has 0 unspecified atom stereocenters. The van der Waals surface area contributed by atoms with Gasteiger partial charge in [-0.1, -0.05) is 6.92 Å². The first-order valence-electron chi connectivity index (χ1n) is 8.14. The van der Waals surface area contributed by atoms with Crippen LogP contribution in [0.15, 0.2) is 30.3 Å². The van der Waals surface area contributed by atoms with Crippen LogP contribution in [-0.2, 0) is 4.79 Å². The summed E-state index contributed by atoms with van der Waals surface area (Å²) in [6, 6.07) is 8.58. The van der Waals surface area contributed by atoms with Crippen molar-refractivity contribution in [3.63, 3.8) is 0 Å². The molecule has 0 bridgehead atoms. The summed E-state index contributed by atoms with van der Waals surface area (Å²) in [4.78, 5) is 24.0. The molecule has 2 rings (SSSR count). The second-order valence-corrected chi connectivity index (χ2v) is 5.87. The maximum atomic E-state index is 12.2. The van der Waals surface area contributed by atoms with Gasteiger partial charge in [0.25, 0.3) is 5.91 Å². The average molecular weight is 328 g/mol. The summed E-state index contributed by atoms with van der Waals surface area (Å²) in [5, 5.41) is 9.89. The van der Waals surface area contributed by atoms with E-state index < -0.39 is 6.04 Å². The Labute approximate surface area is 142 Å². The predicted octanol–water partition coefficient (Wildman–Crippen LogP) is 2.13. The van der Waals surface area contributed by atoms with Gasteiger partial charge in [-0.3, -0.25) is 9.59 Å². The van der Waals surface area contributed by atoms with Crippen LogP contribution in [0.5, 0.6) is 0 Å². The summed E-state index contributed by atoms with van der Waals surface area (Å²) in [6.07, 6.45) is 0.861. The Morgan fingerprint density at radius 2 is 1.88 bits per heavy atom. The van der Waals surface area contributed by atoms with E-state index in [1.54, 1.807) is 19.1 Å². The third-order valence-corrected chi connectivity index (χ3v) is 3.67. The average Bonchev–Trinajstić information content (AvgIpc) is 2.91. The Morgan fingerprint density at radius 1 is 1.21 bits per heavy atom. The molecule has 6 nitrogen and oxygen atoms in total. The van der Waals surface area contributed by atoms with Gasteiger partial charge in [0, 0.05) is 17.8 Å². The van der Waals surface area contributed by atoms with Gasteiger partial charge in [-0.2, -0.15) is 5.10 Å². The van der Waals surface area contributed by atoms with Gasteiger partial charge in [-0.15, -0.1) is 0 Å². The third-order valence-electron chi connectivity index (χ3n) is 3.67. The topological polar surface area (TPSA) is 76.0 Å². The number of hydrogen-bond donors (Lipinski definition) is 2. The van der Waals surface area contributed by atoms with Crippen molar-refractivity contribution < 1.29 is 9.59 Å². The highest BCUT2D eigenvalue weighted by molar-refractivity contribution is 5.97. The molecule has 6 heteroatoms. The molecule has 1 aromatic carbocycles. The maximum Gasteiger partial charge on any atom is 0.251 e. The molecule has 0 aliphatic carbocycles. The monoisotopic (exact) mass is 328 g/mol. The van der Waals surface area contributed by atoms with E-state index in [4.69, 9.17) is 0 Å². The van der Waals surface area contributed by atoms with Gasteiger partial charge in [-0.25, -0.2) is 4.68 Å². The lowest BCUT2D eigenvalue weighted by atomic mass is 10.1. The Morgan fingerprint density at radius 3 is 2.42 bits per heavy atom. The second kappa shape index (κ2) is 7.77. The second-order valence-electron chi connectivity index (χ2n) is 5.87. The number of rotatable bonds is 6. The number of nitrogens with zero attached hydrogens (tertiary/aromatic N) is 2. The van der Waals surface area contributed by atoms with Crippen molar-refractivity contribution in [3.05, 3.63) is 47.3 Å². The van der Waals surface area contributed by atoms with Crippen LogP contribution in [0.4, 0.5) is 0 Å². The highest BCUT2D eigenvalue weighted by Crippen LogP contribution is 2.13. The molecule has 1 atom stereocenters. The normalized spacial score (nSPS) is 11.8. The van der Waals surface area contributed by atoms with Crippen molar-refractivity contribution in [1.29, 1.82) is 0 Å². The Balaban J connectivity index is 2.03. The van der Waals surface area contributed by atoms with E-state index in [0.717, 1.165) is 23.5 Å².